The lowest BCUT2D eigenvalue weighted by Gasteiger charge is -2.36. The topological polar surface area (TPSA) is 146 Å². The van der Waals surface area contributed by atoms with Crippen LogP contribution in [-0.4, -0.2) is 71.4 Å². The van der Waals surface area contributed by atoms with Crippen molar-refractivity contribution in [3.05, 3.63) is 58.1 Å². The SMILES string of the molecule is COc1ccccc1[C@@H](O)c1cc(Cl)cc(OCCCO)c1C(NC(=O)CCC(=O)N1CCC(CC(=O)O)CC1)C(C)(C)C. The van der Waals surface area contributed by atoms with Crippen LogP contribution in [0.3, 0.4) is 0 Å². The van der Waals surface area contributed by atoms with E-state index in [1.807, 2.05) is 20.8 Å². The number of rotatable bonds is 14. The number of aliphatic hydroxyl groups is 2. The molecule has 44 heavy (non-hydrogen) atoms. The number of para-hydroxylation sites is 1. The normalized spacial score (nSPS) is 15.4. The fourth-order valence-electron chi connectivity index (χ4n) is 5.54. The second-order valence-electron chi connectivity index (χ2n) is 12.3. The van der Waals surface area contributed by atoms with E-state index in [0.717, 1.165) is 0 Å². The Labute approximate surface area is 264 Å². The molecule has 2 atom stereocenters. The van der Waals surface area contributed by atoms with Gasteiger partial charge in [0.25, 0.3) is 0 Å². The lowest BCUT2D eigenvalue weighted by Crippen LogP contribution is -2.40. The summed E-state index contributed by atoms with van der Waals surface area (Å²) in [6, 6.07) is 9.72. The highest BCUT2D eigenvalue weighted by molar-refractivity contribution is 6.30. The maximum Gasteiger partial charge on any atom is 0.303 e. The van der Waals surface area contributed by atoms with Crippen LogP contribution in [0, 0.1) is 11.3 Å². The number of nitrogens with one attached hydrogen (secondary N) is 1. The Kier molecular flexibility index (Phi) is 12.9. The lowest BCUT2D eigenvalue weighted by atomic mass is 9.78. The summed E-state index contributed by atoms with van der Waals surface area (Å²) in [4.78, 5) is 39.0. The number of carbonyl (C=O) groups is 3. The van der Waals surface area contributed by atoms with Crippen LogP contribution in [0.2, 0.25) is 5.02 Å². The number of aliphatic carboxylic acids is 1. The molecule has 1 aliphatic rings. The van der Waals surface area contributed by atoms with Gasteiger partial charge < -0.3 is 35.0 Å². The smallest absolute Gasteiger partial charge is 0.303 e. The molecule has 3 rings (SSSR count). The van der Waals surface area contributed by atoms with Gasteiger partial charge in [-0.2, -0.15) is 0 Å². The van der Waals surface area contributed by atoms with E-state index >= 15 is 0 Å². The molecule has 1 aliphatic heterocycles. The summed E-state index contributed by atoms with van der Waals surface area (Å²) in [6.45, 7) is 6.94. The number of ether oxygens (including phenoxy) is 2. The number of hydrogen-bond donors (Lipinski definition) is 4. The van der Waals surface area contributed by atoms with E-state index in [0.29, 0.717) is 65.6 Å². The zero-order chi connectivity index (χ0) is 32.4. The molecule has 4 N–H and O–H groups in total. The molecule has 0 bridgehead atoms. The number of carboxylic acids is 1. The third kappa shape index (κ3) is 9.58. The molecule has 2 aromatic rings. The van der Waals surface area contributed by atoms with Crippen molar-refractivity contribution < 1.29 is 39.2 Å². The number of amides is 2. The third-order valence-electron chi connectivity index (χ3n) is 7.88. The van der Waals surface area contributed by atoms with Crippen LogP contribution >= 0.6 is 11.6 Å². The van der Waals surface area contributed by atoms with E-state index in [-0.39, 0.29) is 50.2 Å². The van der Waals surface area contributed by atoms with Crippen LogP contribution in [0.5, 0.6) is 11.5 Å². The Morgan fingerprint density at radius 2 is 1.75 bits per heavy atom. The Balaban J connectivity index is 1.88. The van der Waals surface area contributed by atoms with Crippen molar-refractivity contribution >= 4 is 29.4 Å². The molecule has 10 nitrogen and oxygen atoms in total. The van der Waals surface area contributed by atoms with Crippen molar-refractivity contribution in [2.45, 2.75) is 71.4 Å². The largest absolute Gasteiger partial charge is 0.496 e. The number of likely N-dealkylation sites (tertiary alicyclic amines) is 1. The van der Waals surface area contributed by atoms with Crippen LogP contribution in [0.15, 0.2) is 36.4 Å². The zero-order valence-electron chi connectivity index (χ0n) is 26.0. The van der Waals surface area contributed by atoms with Crippen LogP contribution in [-0.2, 0) is 14.4 Å². The summed E-state index contributed by atoms with van der Waals surface area (Å²) in [5.74, 6) is -0.408. The van der Waals surface area contributed by atoms with Gasteiger partial charge in [-0.1, -0.05) is 50.6 Å². The molecule has 0 aliphatic carbocycles. The molecule has 0 spiro atoms. The average Bonchev–Trinajstić information content (AvgIpc) is 2.98. The van der Waals surface area contributed by atoms with Gasteiger partial charge in [0.15, 0.2) is 0 Å². The van der Waals surface area contributed by atoms with Gasteiger partial charge in [-0.3, -0.25) is 14.4 Å². The second kappa shape index (κ2) is 16.1. The molecule has 1 heterocycles. The van der Waals surface area contributed by atoms with E-state index < -0.39 is 23.5 Å². The summed E-state index contributed by atoms with van der Waals surface area (Å²) < 4.78 is 11.6. The Hall–Kier alpha value is -3.34. The zero-order valence-corrected chi connectivity index (χ0v) is 26.7. The van der Waals surface area contributed by atoms with E-state index in [9.17, 15) is 24.6 Å². The van der Waals surface area contributed by atoms with E-state index in [1.54, 1.807) is 41.3 Å². The van der Waals surface area contributed by atoms with E-state index in [2.05, 4.69) is 5.32 Å². The number of hydrogen-bond acceptors (Lipinski definition) is 7. The van der Waals surface area contributed by atoms with Crippen LogP contribution in [0.4, 0.5) is 0 Å². The Morgan fingerprint density at radius 3 is 2.36 bits per heavy atom. The number of halogens is 1. The quantitative estimate of drug-likeness (QED) is 0.216. The second-order valence-corrected chi connectivity index (χ2v) is 12.7. The van der Waals surface area contributed by atoms with Gasteiger partial charge in [-0.15, -0.1) is 0 Å². The predicted octanol–water partition coefficient (Wildman–Crippen LogP) is 4.89. The molecule has 1 unspecified atom stereocenters. The molecule has 2 aromatic carbocycles. The van der Waals surface area contributed by atoms with Gasteiger partial charge in [0, 0.05) is 61.5 Å². The highest BCUT2D eigenvalue weighted by Gasteiger charge is 2.35. The van der Waals surface area contributed by atoms with Crippen LogP contribution in [0.1, 0.15) is 88.1 Å². The molecular weight excluding hydrogens is 588 g/mol. The van der Waals surface area contributed by atoms with Gasteiger partial charge >= 0.3 is 5.97 Å². The Bertz CT molecular complexity index is 1290. The molecule has 0 radical (unpaired) electrons. The maximum atomic E-state index is 13.4. The van der Waals surface area contributed by atoms with Gasteiger partial charge in [0.1, 0.15) is 17.6 Å². The lowest BCUT2D eigenvalue weighted by molar-refractivity contribution is -0.139. The standard InChI is InChI=1S/C33H45ClN2O8/c1-33(2,3)32(35-27(38)10-11-28(39)36-14-12-21(13-15-36)18-29(40)41)30-24(19-22(34)20-26(30)44-17-7-16-37)31(42)23-8-5-6-9-25(23)43-4/h5-6,8-9,19-21,31-32,37,42H,7,10-18H2,1-4H3,(H,35,38)(H,40,41)/t31-,32?/m1/s1. The molecule has 2 amide bonds. The molecule has 1 fully saturated rings. The fraction of sp³-hybridized carbons (Fsp3) is 0.545. The molecule has 0 saturated carbocycles. The van der Waals surface area contributed by atoms with Crippen molar-refractivity contribution in [1.82, 2.24) is 10.2 Å². The molecular formula is C33H45ClN2O8. The first-order chi connectivity index (χ1) is 20.8. The van der Waals surface area contributed by atoms with Gasteiger partial charge in [0.05, 0.1) is 19.8 Å². The van der Waals surface area contributed by atoms with Gasteiger partial charge in [-0.05, 0) is 47.9 Å². The number of aliphatic hydroxyl groups excluding tert-OH is 2. The van der Waals surface area contributed by atoms with E-state index in [1.165, 1.54) is 7.11 Å². The van der Waals surface area contributed by atoms with Gasteiger partial charge in [-0.25, -0.2) is 0 Å². The van der Waals surface area contributed by atoms with Crippen molar-refractivity contribution in [2.75, 3.05) is 33.4 Å². The number of carboxylic acid groups (broad SMARTS) is 1. The summed E-state index contributed by atoms with van der Waals surface area (Å²) in [5.41, 5.74) is 0.917. The van der Waals surface area contributed by atoms with Gasteiger partial charge in [0.2, 0.25) is 11.8 Å². The fourth-order valence-corrected chi connectivity index (χ4v) is 5.76. The number of nitrogens with zero attached hydrogens (tertiary/aromatic N) is 1. The number of carbonyl (C=O) groups excluding carboxylic acids is 2. The summed E-state index contributed by atoms with van der Waals surface area (Å²) >= 11 is 6.53. The predicted molar refractivity (Wildman–Crippen MR) is 167 cm³/mol. The first kappa shape index (κ1) is 35.1. The first-order valence-electron chi connectivity index (χ1n) is 15.0. The number of methoxy groups -OCH3 is 1. The van der Waals surface area contributed by atoms with Crippen molar-refractivity contribution in [3.63, 3.8) is 0 Å². The molecule has 1 saturated heterocycles. The minimum Gasteiger partial charge on any atom is -0.496 e. The molecule has 242 valence electrons. The monoisotopic (exact) mass is 632 g/mol. The summed E-state index contributed by atoms with van der Waals surface area (Å²) in [7, 11) is 1.52. The number of piperidine rings is 1. The van der Waals surface area contributed by atoms with Crippen LogP contribution < -0.4 is 14.8 Å². The van der Waals surface area contributed by atoms with Crippen molar-refractivity contribution in [1.29, 1.82) is 0 Å². The average molecular weight is 633 g/mol. The highest BCUT2D eigenvalue weighted by atomic mass is 35.5. The molecule has 11 heteroatoms. The first-order valence-corrected chi connectivity index (χ1v) is 15.4. The summed E-state index contributed by atoms with van der Waals surface area (Å²) in [6.07, 6.45) is 0.531. The van der Waals surface area contributed by atoms with E-state index in [4.69, 9.17) is 26.2 Å². The highest BCUT2D eigenvalue weighted by Crippen LogP contribution is 2.45. The van der Waals surface area contributed by atoms with Crippen molar-refractivity contribution in [3.8, 4) is 11.5 Å². The molecule has 0 aromatic heterocycles. The van der Waals surface area contributed by atoms with Crippen molar-refractivity contribution in [2.24, 2.45) is 11.3 Å². The maximum absolute atomic E-state index is 13.4. The summed E-state index contributed by atoms with van der Waals surface area (Å²) in [5, 5.41) is 33.5. The number of benzene rings is 2. The Morgan fingerprint density at radius 1 is 1.07 bits per heavy atom. The minimum atomic E-state index is -1.17. The third-order valence-corrected chi connectivity index (χ3v) is 8.10. The van der Waals surface area contributed by atoms with Crippen LogP contribution in [0.25, 0.3) is 0 Å². The minimum absolute atomic E-state index is 0.0173.